The fourth-order valence-electron chi connectivity index (χ4n) is 2.28. The molecule has 0 spiro atoms. The van der Waals surface area contributed by atoms with Crippen LogP contribution in [-0.4, -0.2) is 23.3 Å². The van der Waals surface area contributed by atoms with Crippen LogP contribution >= 0.6 is 11.3 Å². The van der Waals surface area contributed by atoms with Crippen molar-refractivity contribution in [1.29, 1.82) is 0 Å². The van der Waals surface area contributed by atoms with Gasteiger partial charge in [-0.15, -0.1) is 11.3 Å². The predicted molar refractivity (Wildman–Crippen MR) is 103 cm³/mol. The molecule has 1 aromatic heterocycles. The second-order valence-corrected chi connectivity index (χ2v) is 8.13. The zero-order valence-electron chi connectivity index (χ0n) is 15.6. The monoisotopic (exact) mass is 359 g/mol. The molecule has 2 aromatic rings. The fraction of sp³-hybridized carbons (Fsp3) is 0.421. The highest BCUT2D eigenvalue weighted by atomic mass is 32.1. The minimum absolute atomic E-state index is 0.0618. The lowest BCUT2D eigenvalue weighted by atomic mass is 9.96. The number of anilines is 1. The van der Waals surface area contributed by atoms with Gasteiger partial charge >= 0.3 is 0 Å². The maximum atomic E-state index is 12.0. The Bertz CT molecular complexity index is 803. The van der Waals surface area contributed by atoms with E-state index in [9.17, 15) is 9.59 Å². The van der Waals surface area contributed by atoms with Crippen molar-refractivity contribution < 1.29 is 9.59 Å². The van der Waals surface area contributed by atoms with Crippen molar-refractivity contribution in [2.75, 3.05) is 11.9 Å². The molecule has 2 N–H and O–H groups in total. The van der Waals surface area contributed by atoms with E-state index in [1.54, 1.807) is 20.8 Å². The number of hydrogen-bond acceptors (Lipinski definition) is 4. The number of benzene rings is 1. The first kappa shape index (κ1) is 19.1. The Morgan fingerprint density at radius 1 is 1.08 bits per heavy atom. The number of aryl methyl sites for hydroxylation is 3. The number of carbonyl (C=O) groups is 2. The lowest BCUT2D eigenvalue weighted by Gasteiger charge is -2.17. The first-order valence-corrected chi connectivity index (χ1v) is 9.08. The normalized spacial score (nSPS) is 11.3. The highest BCUT2D eigenvalue weighted by Crippen LogP contribution is 2.29. The van der Waals surface area contributed by atoms with E-state index in [0.717, 1.165) is 16.8 Å². The number of amides is 2. The Morgan fingerprint density at radius 2 is 1.72 bits per heavy atom. The molecule has 25 heavy (non-hydrogen) atoms. The molecule has 6 heteroatoms. The van der Waals surface area contributed by atoms with Gasteiger partial charge in [0.05, 0.1) is 12.2 Å². The average molecular weight is 359 g/mol. The van der Waals surface area contributed by atoms with Gasteiger partial charge < -0.3 is 10.6 Å². The summed E-state index contributed by atoms with van der Waals surface area (Å²) >= 11 is 1.38. The summed E-state index contributed by atoms with van der Waals surface area (Å²) in [7, 11) is 0. The molecule has 2 rings (SSSR count). The first-order valence-electron chi connectivity index (χ1n) is 8.20. The highest BCUT2D eigenvalue weighted by molar-refractivity contribution is 7.14. The minimum Gasteiger partial charge on any atom is -0.347 e. The van der Waals surface area contributed by atoms with Crippen LogP contribution in [0.3, 0.4) is 0 Å². The SMILES string of the molecule is Cc1cc(C)c(-c2csc(NC(=O)CNC(=O)C(C)(C)C)n2)cc1C. The number of hydrogen-bond donors (Lipinski definition) is 2. The lowest BCUT2D eigenvalue weighted by Crippen LogP contribution is -2.39. The predicted octanol–water partition coefficient (Wildman–Crippen LogP) is 3.84. The van der Waals surface area contributed by atoms with E-state index < -0.39 is 5.41 Å². The van der Waals surface area contributed by atoms with Gasteiger partial charge in [0.1, 0.15) is 0 Å². The smallest absolute Gasteiger partial charge is 0.245 e. The standard InChI is InChI=1S/C19H25N3O2S/c1-11-7-13(3)14(8-12(11)2)15-10-25-18(21-15)22-16(23)9-20-17(24)19(4,5)6/h7-8,10H,9H2,1-6H3,(H,20,24)(H,21,22,23). The van der Waals surface area contributed by atoms with E-state index in [1.807, 2.05) is 5.38 Å². The summed E-state index contributed by atoms with van der Waals surface area (Å²) in [5, 5.41) is 7.83. The van der Waals surface area contributed by atoms with Crippen LogP contribution in [-0.2, 0) is 9.59 Å². The Hall–Kier alpha value is -2.21. The molecule has 5 nitrogen and oxygen atoms in total. The zero-order chi connectivity index (χ0) is 18.8. The highest BCUT2D eigenvalue weighted by Gasteiger charge is 2.21. The quantitative estimate of drug-likeness (QED) is 0.871. The Kier molecular flexibility index (Phi) is 5.62. The summed E-state index contributed by atoms with van der Waals surface area (Å²) in [6.45, 7) is 11.6. The molecule has 1 aromatic carbocycles. The van der Waals surface area contributed by atoms with E-state index in [1.165, 1.54) is 22.5 Å². The molecule has 0 saturated carbocycles. The van der Waals surface area contributed by atoms with E-state index in [0.29, 0.717) is 5.13 Å². The fourth-order valence-corrected chi connectivity index (χ4v) is 3.01. The molecular weight excluding hydrogens is 334 g/mol. The molecule has 1 heterocycles. The molecule has 0 bridgehead atoms. The van der Waals surface area contributed by atoms with Gasteiger partial charge in [-0.1, -0.05) is 26.8 Å². The van der Waals surface area contributed by atoms with E-state index >= 15 is 0 Å². The van der Waals surface area contributed by atoms with Crippen molar-refractivity contribution in [2.45, 2.75) is 41.5 Å². The molecular formula is C19H25N3O2S. The van der Waals surface area contributed by atoms with Gasteiger partial charge in [0.2, 0.25) is 11.8 Å². The van der Waals surface area contributed by atoms with Crippen molar-refractivity contribution >= 4 is 28.3 Å². The number of rotatable bonds is 4. The van der Waals surface area contributed by atoms with Gasteiger partial charge in [0, 0.05) is 16.4 Å². The van der Waals surface area contributed by atoms with Crippen LogP contribution < -0.4 is 10.6 Å². The Balaban J connectivity index is 2.03. The van der Waals surface area contributed by atoms with Crippen LogP contribution in [0.1, 0.15) is 37.5 Å². The average Bonchev–Trinajstić information content (AvgIpc) is 2.95. The molecule has 0 fully saturated rings. The second-order valence-electron chi connectivity index (χ2n) is 7.27. The molecule has 0 radical (unpaired) electrons. The van der Waals surface area contributed by atoms with Crippen LogP contribution in [0.25, 0.3) is 11.3 Å². The third kappa shape index (κ3) is 4.89. The molecule has 0 unspecified atom stereocenters. The van der Waals surface area contributed by atoms with Gasteiger partial charge in [-0.05, 0) is 43.5 Å². The van der Waals surface area contributed by atoms with Crippen molar-refractivity contribution in [2.24, 2.45) is 5.41 Å². The molecule has 0 aliphatic rings. The molecule has 134 valence electrons. The number of thiazole rings is 1. The minimum atomic E-state index is -0.518. The number of aromatic nitrogens is 1. The summed E-state index contributed by atoms with van der Waals surface area (Å²) in [5.41, 5.74) is 5.02. The summed E-state index contributed by atoms with van der Waals surface area (Å²) in [5.74, 6) is -0.441. The van der Waals surface area contributed by atoms with Crippen LogP contribution in [0.2, 0.25) is 0 Å². The van der Waals surface area contributed by atoms with Crippen molar-refractivity contribution in [1.82, 2.24) is 10.3 Å². The number of nitrogens with one attached hydrogen (secondary N) is 2. The van der Waals surface area contributed by atoms with Gasteiger partial charge in [0.15, 0.2) is 5.13 Å². The summed E-state index contributed by atoms with van der Waals surface area (Å²) < 4.78 is 0. The summed E-state index contributed by atoms with van der Waals surface area (Å²) in [6.07, 6.45) is 0. The maximum absolute atomic E-state index is 12.0. The summed E-state index contributed by atoms with van der Waals surface area (Å²) in [6, 6.07) is 4.26. The Labute approximate surface area is 152 Å². The van der Waals surface area contributed by atoms with Crippen molar-refractivity contribution in [3.05, 3.63) is 34.2 Å². The van der Waals surface area contributed by atoms with Gasteiger partial charge in [0.25, 0.3) is 0 Å². The molecule has 0 saturated heterocycles. The van der Waals surface area contributed by atoms with Crippen LogP contribution in [0.15, 0.2) is 17.5 Å². The van der Waals surface area contributed by atoms with Gasteiger partial charge in [-0.25, -0.2) is 4.98 Å². The van der Waals surface area contributed by atoms with E-state index in [4.69, 9.17) is 0 Å². The third-order valence-corrected chi connectivity index (χ3v) is 4.72. The molecule has 0 aliphatic heterocycles. The van der Waals surface area contributed by atoms with Crippen LogP contribution in [0.4, 0.5) is 5.13 Å². The maximum Gasteiger partial charge on any atom is 0.245 e. The summed E-state index contributed by atoms with van der Waals surface area (Å²) in [4.78, 5) is 28.3. The largest absolute Gasteiger partial charge is 0.347 e. The number of carbonyl (C=O) groups excluding carboxylic acids is 2. The molecule has 0 aliphatic carbocycles. The topological polar surface area (TPSA) is 71.1 Å². The second kappa shape index (κ2) is 7.35. The van der Waals surface area contributed by atoms with Gasteiger partial charge in [-0.2, -0.15) is 0 Å². The van der Waals surface area contributed by atoms with Crippen LogP contribution in [0.5, 0.6) is 0 Å². The van der Waals surface area contributed by atoms with E-state index in [-0.39, 0.29) is 18.4 Å². The molecule has 0 atom stereocenters. The Morgan fingerprint density at radius 3 is 2.36 bits per heavy atom. The lowest BCUT2D eigenvalue weighted by molar-refractivity contribution is -0.130. The third-order valence-electron chi connectivity index (χ3n) is 3.96. The zero-order valence-corrected chi connectivity index (χ0v) is 16.4. The number of nitrogens with zero attached hydrogens (tertiary/aromatic N) is 1. The van der Waals surface area contributed by atoms with Gasteiger partial charge in [-0.3, -0.25) is 9.59 Å². The van der Waals surface area contributed by atoms with Crippen molar-refractivity contribution in [3.8, 4) is 11.3 Å². The van der Waals surface area contributed by atoms with Crippen LogP contribution in [0, 0.1) is 26.2 Å². The van der Waals surface area contributed by atoms with Crippen molar-refractivity contribution in [3.63, 3.8) is 0 Å². The first-order chi connectivity index (χ1) is 11.6. The molecule has 2 amide bonds. The van der Waals surface area contributed by atoms with E-state index in [2.05, 4.69) is 48.5 Å².